The highest BCUT2D eigenvalue weighted by Crippen LogP contribution is 2.48. The average Bonchev–Trinajstić information content (AvgIpc) is 3.59. The van der Waals surface area contributed by atoms with E-state index < -0.39 is 5.92 Å². The third-order valence-corrected chi connectivity index (χ3v) is 8.19. The minimum Gasteiger partial charge on any atom is -0.508 e. The van der Waals surface area contributed by atoms with Crippen LogP contribution < -0.4 is 14.8 Å². The van der Waals surface area contributed by atoms with Crippen LogP contribution in [0.4, 0.5) is 0 Å². The van der Waals surface area contributed by atoms with Crippen LogP contribution in [0.15, 0.2) is 65.0 Å². The number of esters is 1. The van der Waals surface area contributed by atoms with Crippen molar-refractivity contribution in [3.63, 3.8) is 0 Å². The molecule has 2 atom stereocenters. The Labute approximate surface area is 228 Å². The van der Waals surface area contributed by atoms with Gasteiger partial charge >= 0.3 is 5.97 Å². The zero-order valence-electron chi connectivity index (χ0n) is 22.5. The topological polar surface area (TPSA) is 94.1 Å². The zero-order chi connectivity index (χ0) is 27.1. The molecule has 0 radical (unpaired) electrons. The fourth-order valence-corrected chi connectivity index (χ4v) is 6.42. The first kappa shape index (κ1) is 25.5. The maximum atomic E-state index is 14.0. The van der Waals surface area contributed by atoms with Crippen molar-refractivity contribution >= 4 is 11.8 Å². The normalized spacial score (nSPS) is 22.8. The minimum atomic E-state index is -0.596. The molecule has 0 spiro atoms. The number of nitrogens with one attached hydrogen (secondary N) is 1. The third-order valence-electron chi connectivity index (χ3n) is 8.19. The predicted molar refractivity (Wildman–Crippen MR) is 145 cm³/mol. The number of benzene rings is 2. The van der Waals surface area contributed by atoms with E-state index in [0.29, 0.717) is 41.9 Å². The molecule has 4 aliphatic rings. The number of fused-ring (bicyclic) bond motifs is 1. The summed E-state index contributed by atoms with van der Waals surface area (Å²) >= 11 is 0. The Balaban J connectivity index is 1.42. The third kappa shape index (κ3) is 5.02. The second-order valence-electron chi connectivity index (χ2n) is 11.5. The predicted octanol–water partition coefficient (Wildman–Crippen LogP) is 5.99. The molecule has 7 heteroatoms. The highest BCUT2D eigenvalue weighted by atomic mass is 16.7. The summed E-state index contributed by atoms with van der Waals surface area (Å²) in [7, 11) is 0. The van der Waals surface area contributed by atoms with Gasteiger partial charge in [-0.2, -0.15) is 0 Å². The summed E-state index contributed by atoms with van der Waals surface area (Å²) in [4.78, 5) is 27.8. The van der Waals surface area contributed by atoms with E-state index in [1.54, 1.807) is 18.2 Å². The summed E-state index contributed by atoms with van der Waals surface area (Å²) < 4.78 is 17.1. The number of aromatic hydroxyl groups is 1. The molecule has 2 aromatic rings. The fraction of sp³-hybridized carbons (Fsp3) is 0.438. The van der Waals surface area contributed by atoms with E-state index >= 15 is 0 Å². The van der Waals surface area contributed by atoms with Gasteiger partial charge in [-0.3, -0.25) is 4.79 Å². The van der Waals surface area contributed by atoms with Crippen molar-refractivity contribution in [2.24, 2.45) is 5.92 Å². The smallest absolute Gasteiger partial charge is 0.337 e. The molecule has 2 N–H and O–H groups in total. The SMILES string of the molecule is CC(C)CC1=C(C(=O)OC2CCCC2)C(c2cccc(O)c2)C2=C(CC(c3ccc4c(c3)OCO4)CC2=O)N1. The summed E-state index contributed by atoms with van der Waals surface area (Å²) in [6.45, 7) is 4.43. The van der Waals surface area contributed by atoms with E-state index in [1.807, 2.05) is 24.3 Å². The number of carbonyl (C=O) groups excluding carboxylic acids is 2. The molecule has 2 aliphatic carbocycles. The maximum Gasteiger partial charge on any atom is 0.337 e. The number of ether oxygens (including phenoxy) is 3. The van der Waals surface area contributed by atoms with Crippen molar-refractivity contribution in [2.75, 3.05) is 6.79 Å². The van der Waals surface area contributed by atoms with Crippen molar-refractivity contribution in [3.05, 3.63) is 76.1 Å². The van der Waals surface area contributed by atoms with Crippen LogP contribution in [0.2, 0.25) is 0 Å². The number of hydrogen-bond donors (Lipinski definition) is 2. The Morgan fingerprint density at radius 3 is 2.62 bits per heavy atom. The second kappa shape index (κ2) is 10.4. The molecule has 2 aliphatic heterocycles. The highest BCUT2D eigenvalue weighted by Gasteiger charge is 2.43. The molecule has 0 aromatic heterocycles. The Kier molecular flexibility index (Phi) is 6.83. The monoisotopic (exact) mass is 529 g/mol. The Morgan fingerprint density at radius 2 is 1.85 bits per heavy atom. The van der Waals surface area contributed by atoms with Crippen LogP contribution in [-0.4, -0.2) is 29.8 Å². The van der Waals surface area contributed by atoms with E-state index in [0.717, 1.165) is 48.2 Å². The number of dihydropyridines is 1. The molecule has 6 rings (SSSR count). The number of ketones is 1. The summed E-state index contributed by atoms with van der Waals surface area (Å²) in [6.07, 6.45) is 5.34. The number of phenolic OH excluding ortho intramolecular Hbond substituents is 1. The minimum absolute atomic E-state index is 0.00507. The van der Waals surface area contributed by atoms with Gasteiger partial charge in [0.15, 0.2) is 17.3 Å². The van der Waals surface area contributed by atoms with Crippen molar-refractivity contribution in [1.82, 2.24) is 5.32 Å². The largest absolute Gasteiger partial charge is 0.508 e. The van der Waals surface area contributed by atoms with Gasteiger partial charge in [0.2, 0.25) is 6.79 Å². The second-order valence-corrected chi connectivity index (χ2v) is 11.5. The van der Waals surface area contributed by atoms with Gasteiger partial charge in [0.25, 0.3) is 0 Å². The number of hydrogen-bond acceptors (Lipinski definition) is 7. The van der Waals surface area contributed by atoms with Gasteiger partial charge in [-0.15, -0.1) is 0 Å². The summed E-state index contributed by atoms with van der Waals surface area (Å²) in [5, 5.41) is 13.9. The van der Waals surface area contributed by atoms with E-state index in [9.17, 15) is 14.7 Å². The van der Waals surface area contributed by atoms with Crippen molar-refractivity contribution in [2.45, 2.75) is 76.7 Å². The molecule has 204 valence electrons. The molecule has 0 bridgehead atoms. The van der Waals surface area contributed by atoms with Crippen molar-refractivity contribution in [1.29, 1.82) is 0 Å². The molecular weight excluding hydrogens is 494 g/mol. The number of Topliss-reactive ketones (excluding diaryl/α,β-unsaturated/α-hetero) is 1. The molecule has 39 heavy (non-hydrogen) atoms. The lowest BCUT2D eigenvalue weighted by atomic mass is 9.71. The van der Waals surface area contributed by atoms with Gasteiger partial charge in [0.05, 0.1) is 5.57 Å². The van der Waals surface area contributed by atoms with Crippen LogP contribution in [0.1, 0.15) is 81.8 Å². The quantitative estimate of drug-likeness (QED) is 0.444. The van der Waals surface area contributed by atoms with Crippen LogP contribution in [0.3, 0.4) is 0 Å². The summed E-state index contributed by atoms with van der Waals surface area (Å²) in [5.41, 5.74) is 4.49. The lowest BCUT2D eigenvalue weighted by Gasteiger charge is -2.38. The molecule has 2 heterocycles. The molecule has 0 amide bonds. The molecule has 2 aromatic carbocycles. The van der Waals surface area contributed by atoms with E-state index in [1.165, 1.54) is 0 Å². The Morgan fingerprint density at radius 1 is 1.05 bits per heavy atom. The lowest BCUT2D eigenvalue weighted by molar-refractivity contribution is -0.144. The number of rotatable bonds is 6. The van der Waals surface area contributed by atoms with Gasteiger partial charge < -0.3 is 24.6 Å². The Hall–Kier alpha value is -3.74. The van der Waals surface area contributed by atoms with Crippen LogP contribution in [0, 0.1) is 5.92 Å². The molecule has 1 fully saturated rings. The molecule has 1 saturated carbocycles. The zero-order valence-corrected chi connectivity index (χ0v) is 22.5. The molecule has 0 saturated heterocycles. The van der Waals surface area contributed by atoms with Crippen LogP contribution in [0.5, 0.6) is 17.2 Å². The first-order valence-corrected chi connectivity index (χ1v) is 14.0. The summed E-state index contributed by atoms with van der Waals surface area (Å²) in [5.74, 6) is 0.794. The standard InChI is InChI=1S/C32H35NO6/c1-18(2)12-24-31(32(36)39-23-8-3-4-9-23)29(20-6-5-7-22(34)13-20)30-25(33-24)14-21(15-26(30)35)19-10-11-27-28(16-19)38-17-37-27/h5-7,10-11,13,16,18,21,23,29,33-34H,3-4,8-9,12,14-15,17H2,1-2H3. The summed E-state index contributed by atoms with van der Waals surface area (Å²) in [6, 6.07) is 12.8. The van der Waals surface area contributed by atoms with Crippen LogP contribution in [0.25, 0.3) is 0 Å². The van der Waals surface area contributed by atoms with Gasteiger partial charge in [-0.1, -0.05) is 32.0 Å². The average molecular weight is 530 g/mol. The first-order chi connectivity index (χ1) is 18.9. The van der Waals surface area contributed by atoms with Gasteiger partial charge in [0.1, 0.15) is 11.9 Å². The number of phenols is 1. The lowest BCUT2D eigenvalue weighted by Crippen LogP contribution is -2.37. The van der Waals surface area contributed by atoms with Crippen molar-refractivity contribution in [3.8, 4) is 17.2 Å². The molecular formula is C32H35NO6. The number of allylic oxidation sites excluding steroid dienone is 3. The Bertz CT molecular complexity index is 1370. The van der Waals surface area contributed by atoms with Crippen LogP contribution >= 0.6 is 0 Å². The van der Waals surface area contributed by atoms with Gasteiger partial charge in [-0.05, 0) is 85.8 Å². The maximum absolute atomic E-state index is 14.0. The van der Waals surface area contributed by atoms with Gasteiger partial charge in [0, 0.05) is 29.3 Å². The fourth-order valence-electron chi connectivity index (χ4n) is 6.42. The van der Waals surface area contributed by atoms with E-state index in [2.05, 4.69) is 19.2 Å². The van der Waals surface area contributed by atoms with E-state index in [-0.39, 0.29) is 42.2 Å². The highest BCUT2D eigenvalue weighted by molar-refractivity contribution is 6.04. The molecule has 2 unspecified atom stereocenters. The van der Waals surface area contributed by atoms with Gasteiger partial charge in [-0.25, -0.2) is 4.79 Å². The van der Waals surface area contributed by atoms with Crippen molar-refractivity contribution < 1.29 is 28.9 Å². The number of carbonyl (C=O) groups is 2. The molecule has 7 nitrogen and oxygen atoms in total. The first-order valence-electron chi connectivity index (χ1n) is 14.0. The van der Waals surface area contributed by atoms with Crippen LogP contribution in [-0.2, 0) is 14.3 Å². The van der Waals surface area contributed by atoms with E-state index in [4.69, 9.17) is 14.2 Å².